The van der Waals surface area contributed by atoms with Crippen LogP contribution in [0.1, 0.15) is 22.8 Å². The maximum Gasteiger partial charge on any atom is 0.118 e. The number of ether oxygens (including phenoxy) is 4. The van der Waals surface area contributed by atoms with Crippen molar-refractivity contribution in [3.63, 3.8) is 0 Å². The molecule has 34 heavy (non-hydrogen) atoms. The number of azide groups is 1. The number of hydrogen-bond acceptors (Lipinski definition) is 7. The van der Waals surface area contributed by atoms with Crippen molar-refractivity contribution in [2.75, 3.05) is 20.8 Å². The first-order valence-electron chi connectivity index (χ1n) is 10.7. The lowest BCUT2D eigenvalue weighted by Gasteiger charge is -2.30. The molecule has 0 bridgehead atoms. The summed E-state index contributed by atoms with van der Waals surface area (Å²) in [6, 6.07) is 14.1. The first-order chi connectivity index (χ1) is 16.6. The predicted molar refractivity (Wildman–Crippen MR) is 125 cm³/mol. The SMILES string of the molecule is COc1ccc(CO[C@H]([C@H](CO)N=[N+]=[N-])[C@H](OCc2ccc(OC)cc2)c2cnn(C)c2)cc1. The van der Waals surface area contributed by atoms with Crippen molar-refractivity contribution >= 4 is 0 Å². The molecule has 0 spiro atoms. The van der Waals surface area contributed by atoms with E-state index in [9.17, 15) is 5.11 Å². The molecule has 0 unspecified atom stereocenters. The summed E-state index contributed by atoms with van der Waals surface area (Å²) >= 11 is 0. The number of aryl methyl sites for hydroxylation is 1. The van der Waals surface area contributed by atoms with Gasteiger partial charge in [-0.2, -0.15) is 5.10 Å². The monoisotopic (exact) mass is 467 g/mol. The van der Waals surface area contributed by atoms with E-state index in [1.165, 1.54) is 0 Å². The van der Waals surface area contributed by atoms with Crippen molar-refractivity contribution in [2.45, 2.75) is 31.5 Å². The maximum absolute atomic E-state index is 9.99. The van der Waals surface area contributed by atoms with Crippen LogP contribution in [0.2, 0.25) is 0 Å². The van der Waals surface area contributed by atoms with E-state index in [0.717, 1.165) is 28.2 Å². The molecular formula is C24H29N5O5. The topological polar surface area (TPSA) is 124 Å². The largest absolute Gasteiger partial charge is 0.497 e. The van der Waals surface area contributed by atoms with Crippen molar-refractivity contribution in [2.24, 2.45) is 12.2 Å². The Labute approximate surface area is 198 Å². The molecule has 0 fully saturated rings. The van der Waals surface area contributed by atoms with Crippen molar-refractivity contribution in [1.82, 2.24) is 9.78 Å². The molecule has 0 aliphatic rings. The number of nitrogens with zero attached hydrogens (tertiary/aromatic N) is 5. The van der Waals surface area contributed by atoms with Gasteiger partial charge in [0, 0.05) is 23.7 Å². The Hall–Kier alpha value is -3.56. The van der Waals surface area contributed by atoms with E-state index in [0.29, 0.717) is 0 Å². The third kappa shape index (κ3) is 6.72. The molecule has 0 aliphatic heterocycles. The van der Waals surface area contributed by atoms with E-state index in [1.54, 1.807) is 32.1 Å². The fourth-order valence-corrected chi connectivity index (χ4v) is 3.46. The number of hydrogen-bond donors (Lipinski definition) is 1. The number of benzene rings is 2. The molecule has 1 N–H and O–H groups in total. The van der Waals surface area contributed by atoms with E-state index in [4.69, 9.17) is 24.5 Å². The Morgan fingerprint density at radius 1 is 0.971 bits per heavy atom. The van der Waals surface area contributed by atoms with Crippen LogP contribution in [-0.4, -0.2) is 47.9 Å². The molecule has 2 aromatic carbocycles. The molecule has 1 heterocycles. The highest BCUT2D eigenvalue weighted by atomic mass is 16.5. The van der Waals surface area contributed by atoms with Crippen LogP contribution in [0.25, 0.3) is 10.4 Å². The Morgan fingerprint density at radius 3 is 1.97 bits per heavy atom. The molecule has 3 rings (SSSR count). The number of aliphatic hydroxyl groups excluding tert-OH is 1. The highest BCUT2D eigenvalue weighted by Gasteiger charge is 2.33. The zero-order valence-electron chi connectivity index (χ0n) is 19.4. The lowest BCUT2D eigenvalue weighted by atomic mass is 10.0. The number of aliphatic hydroxyl groups is 1. The summed E-state index contributed by atoms with van der Waals surface area (Å²) in [5.74, 6) is 1.48. The molecule has 1 aromatic heterocycles. The molecule has 10 heteroatoms. The van der Waals surface area contributed by atoms with Gasteiger partial charge >= 0.3 is 0 Å². The van der Waals surface area contributed by atoms with Crippen LogP contribution in [0, 0.1) is 0 Å². The second-order valence-corrected chi connectivity index (χ2v) is 7.61. The summed E-state index contributed by atoms with van der Waals surface area (Å²) in [6.07, 6.45) is 2.06. The fraction of sp³-hybridized carbons (Fsp3) is 0.375. The minimum atomic E-state index is -0.871. The number of methoxy groups -OCH3 is 2. The van der Waals surface area contributed by atoms with Gasteiger partial charge in [-0.3, -0.25) is 4.68 Å². The van der Waals surface area contributed by atoms with Gasteiger partial charge in [0.25, 0.3) is 0 Å². The van der Waals surface area contributed by atoms with Crippen LogP contribution >= 0.6 is 0 Å². The van der Waals surface area contributed by atoms with Gasteiger partial charge in [-0.25, -0.2) is 0 Å². The van der Waals surface area contributed by atoms with Crippen molar-refractivity contribution in [3.8, 4) is 11.5 Å². The third-order valence-electron chi connectivity index (χ3n) is 5.31. The summed E-state index contributed by atoms with van der Waals surface area (Å²) < 4.78 is 24.6. The third-order valence-corrected chi connectivity index (χ3v) is 5.31. The standard InChI is InChI=1S/C24H29N5O5/c1-29-13-19(12-26-29)23(33-15-17-4-8-20(31-2)9-5-17)24(22(14-30)27-28-25)34-16-18-6-10-21(32-3)11-7-18/h4-13,22-24,30H,14-16H2,1-3H3/t22-,23+,24+/m0/s1. The Balaban J connectivity index is 1.86. The first-order valence-corrected chi connectivity index (χ1v) is 10.7. The number of rotatable bonds is 13. The Bertz CT molecular complexity index is 1060. The average Bonchev–Trinajstić information content (AvgIpc) is 3.31. The highest BCUT2D eigenvalue weighted by Crippen LogP contribution is 2.29. The minimum Gasteiger partial charge on any atom is -0.497 e. The number of aromatic nitrogens is 2. The van der Waals surface area contributed by atoms with Gasteiger partial charge in [0.05, 0.1) is 52.4 Å². The molecule has 3 atom stereocenters. The summed E-state index contributed by atoms with van der Waals surface area (Å²) in [5.41, 5.74) is 11.6. The van der Waals surface area contributed by atoms with Crippen LogP contribution < -0.4 is 9.47 Å². The van der Waals surface area contributed by atoms with Crippen molar-refractivity contribution in [1.29, 1.82) is 0 Å². The normalized spacial score (nSPS) is 13.5. The molecule has 0 saturated carbocycles. The molecule has 0 radical (unpaired) electrons. The smallest absolute Gasteiger partial charge is 0.118 e. The summed E-state index contributed by atoms with van der Waals surface area (Å²) in [7, 11) is 5.01. The van der Waals surface area contributed by atoms with Crippen LogP contribution in [0.5, 0.6) is 11.5 Å². The van der Waals surface area contributed by atoms with Gasteiger partial charge in [-0.05, 0) is 40.9 Å². The van der Waals surface area contributed by atoms with Crippen molar-refractivity contribution in [3.05, 3.63) is 88.1 Å². The van der Waals surface area contributed by atoms with Crippen molar-refractivity contribution < 1.29 is 24.1 Å². The van der Waals surface area contributed by atoms with Gasteiger partial charge < -0.3 is 24.1 Å². The van der Waals surface area contributed by atoms with E-state index < -0.39 is 24.9 Å². The zero-order chi connectivity index (χ0) is 24.3. The molecule has 0 amide bonds. The van der Waals surface area contributed by atoms with E-state index in [-0.39, 0.29) is 13.2 Å². The lowest BCUT2D eigenvalue weighted by molar-refractivity contribution is -0.103. The van der Waals surface area contributed by atoms with Gasteiger partial charge in [0.1, 0.15) is 17.6 Å². The molecule has 3 aromatic rings. The minimum absolute atomic E-state index is 0.217. The van der Waals surface area contributed by atoms with E-state index >= 15 is 0 Å². The molecule has 0 aliphatic carbocycles. The first kappa shape index (κ1) is 25.1. The van der Waals surface area contributed by atoms with Gasteiger partial charge in [0.2, 0.25) is 0 Å². The Kier molecular flexibility index (Phi) is 9.30. The summed E-state index contributed by atoms with van der Waals surface area (Å²) in [5, 5.41) is 18.0. The highest BCUT2D eigenvalue weighted by molar-refractivity contribution is 5.27. The van der Waals surface area contributed by atoms with Crippen LogP contribution in [0.4, 0.5) is 0 Å². The van der Waals surface area contributed by atoms with Gasteiger partial charge in [0.15, 0.2) is 0 Å². The lowest BCUT2D eigenvalue weighted by Crippen LogP contribution is -2.37. The fourth-order valence-electron chi connectivity index (χ4n) is 3.46. The van der Waals surface area contributed by atoms with Crippen LogP contribution in [0.3, 0.4) is 0 Å². The van der Waals surface area contributed by atoms with Gasteiger partial charge in [-0.15, -0.1) is 0 Å². The van der Waals surface area contributed by atoms with Gasteiger partial charge in [-0.1, -0.05) is 29.4 Å². The predicted octanol–water partition coefficient (Wildman–Crippen LogP) is 3.95. The second-order valence-electron chi connectivity index (χ2n) is 7.61. The van der Waals surface area contributed by atoms with E-state index in [2.05, 4.69) is 15.1 Å². The second kappa shape index (κ2) is 12.6. The molecule has 180 valence electrons. The average molecular weight is 468 g/mol. The Morgan fingerprint density at radius 2 is 1.53 bits per heavy atom. The molecule has 10 nitrogen and oxygen atoms in total. The van der Waals surface area contributed by atoms with E-state index in [1.807, 2.05) is 54.7 Å². The molecule has 0 saturated heterocycles. The van der Waals surface area contributed by atoms with Crippen LogP contribution in [-0.2, 0) is 29.7 Å². The van der Waals surface area contributed by atoms with Crippen LogP contribution in [0.15, 0.2) is 66.0 Å². The summed E-state index contributed by atoms with van der Waals surface area (Å²) in [4.78, 5) is 2.90. The quantitative estimate of drug-likeness (QED) is 0.231. The summed E-state index contributed by atoms with van der Waals surface area (Å²) in [6.45, 7) is 0.0785. The zero-order valence-corrected chi connectivity index (χ0v) is 19.4. The maximum atomic E-state index is 9.99. The molecular weight excluding hydrogens is 438 g/mol.